The zero-order valence-corrected chi connectivity index (χ0v) is 27.2. The molecular formula is C47H31N3. The Morgan fingerprint density at radius 2 is 0.900 bits per heavy atom. The second kappa shape index (κ2) is 12.7. The molecule has 2 heterocycles. The van der Waals surface area contributed by atoms with Gasteiger partial charge in [0.05, 0.1) is 16.9 Å². The predicted octanol–water partition coefficient (Wildman–Crippen LogP) is 12.2. The van der Waals surface area contributed by atoms with Crippen molar-refractivity contribution in [2.45, 2.75) is 0 Å². The van der Waals surface area contributed by atoms with Crippen molar-refractivity contribution >= 4 is 21.7 Å². The number of nitrogens with zero attached hydrogens (tertiary/aromatic N) is 3. The summed E-state index contributed by atoms with van der Waals surface area (Å²) in [6, 6.07) is 63.8. The molecule has 0 radical (unpaired) electrons. The van der Waals surface area contributed by atoms with Crippen molar-refractivity contribution in [2.75, 3.05) is 0 Å². The van der Waals surface area contributed by atoms with Gasteiger partial charge in [-0.1, -0.05) is 164 Å². The van der Waals surface area contributed by atoms with Crippen molar-refractivity contribution in [3.63, 3.8) is 0 Å². The number of fused-ring (bicyclic) bond motifs is 2. The van der Waals surface area contributed by atoms with Crippen LogP contribution < -0.4 is 0 Å². The van der Waals surface area contributed by atoms with Crippen molar-refractivity contribution in [3.8, 4) is 67.3 Å². The molecule has 2 aromatic heterocycles. The summed E-state index contributed by atoms with van der Waals surface area (Å²) in [6.45, 7) is 0. The van der Waals surface area contributed by atoms with E-state index in [0.717, 1.165) is 55.7 Å². The first-order valence-electron chi connectivity index (χ1n) is 16.8. The lowest BCUT2D eigenvalue weighted by Gasteiger charge is -2.15. The standard InChI is InChI=1S/C47H31N3/c1-3-12-35(13-4-1)44-30-45(50-47(49-44)38-14-5-2-6-15-38)36-23-21-34(22-24-36)42-28-27-33-11-7-9-17-41(33)46(42)37-25-19-32(20-26-37)40-29-39-16-8-10-18-43(39)48-31-40/h1-31H. The molecule has 0 spiro atoms. The van der Waals surface area contributed by atoms with Gasteiger partial charge in [0, 0.05) is 33.8 Å². The Morgan fingerprint density at radius 3 is 1.64 bits per heavy atom. The molecule has 0 saturated carbocycles. The van der Waals surface area contributed by atoms with Gasteiger partial charge >= 0.3 is 0 Å². The van der Waals surface area contributed by atoms with Gasteiger partial charge in [-0.25, -0.2) is 9.97 Å². The number of hydrogen-bond acceptors (Lipinski definition) is 3. The highest BCUT2D eigenvalue weighted by atomic mass is 14.9. The van der Waals surface area contributed by atoms with Gasteiger partial charge < -0.3 is 0 Å². The Kier molecular flexibility index (Phi) is 7.49. The van der Waals surface area contributed by atoms with E-state index in [9.17, 15) is 0 Å². The number of benzene rings is 7. The summed E-state index contributed by atoms with van der Waals surface area (Å²) in [5.41, 5.74) is 12.9. The van der Waals surface area contributed by atoms with E-state index in [0.29, 0.717) is 5.82 Å². The molecule has 0 saturated heterocycles. The fourth-order valence-electron chi connectivity index (χ4n) is 6.77. The quantitative estimate of drug-likeness (QED) is 0.182. The van der Waals surface area contributed by atoms with Gasteiger partial charge in [-0.2, -0.15) is 0 Å². The maximum Gasteiger partial charge on any atom is 0.160 e. The molecule has 0 aliphatic rings. The van der Waals surface area contributed by atoms with Crippen LogP contribution in [0.3, 0.4) is 0 Å². The van der Waals surface area contributed by atoms with Gasteiger partial charge in [0.2, 0.25) is 0 Å². The molecule has 0 fully saturated rings. The van der Waals surface area contributed by atoms with Crippen LogP contribution >= 0.6 is 0 Å². The van der Waals surface area contributed by atoms with Crippen molar-refractivity contribution < 1.29 is 0 Å². The third kappa shape index (κ3) is 5.61. The van der Waals surface area contributed by atoms with Crippen molar-refractivity contribution in [2.24, 2.45) is 0 Å². The zero-order valence-electron chi connectivity index (χ0n) is 27.2. The van der Waals surface area contributed by atoms with E-state index in [4.69, 9.17) is 15.0 Å². The first-order valence-corrected chi connectivity index (χ1v) is 16.8. The van der Waals surface area contributed by atoms with Gasteiger partial charge in [0.25, 0.3) is 0 Å². The average Bonchev–Trinajstić information content (AvgIpc) is 3.21. The number of aromatic nitrogens is 3. The number of para-hydroxylation sites is 1. The highest BCUT2D eigenvalue weighted by Crippen LogP contribution is 2.40. The lowest BCUT2D eigenvalue weighted by atomic mass is 9.89. The summed E-state index contributed by atoms with van der Waals surface area (Å²) in [5.74, 6) is 0.714. The topological polar surface area (TPSA) is 38.7 Å². The minimum absolute atomic E-state index is 0.714. The molecule has 0 bridgehead atoms. The lowest BCUT2D eigenvalue weighted by molar-refractivity contribution is 1.18. The van der Waals surface area contributed by atoms with Crippen molar-refractivity contribution in [3.05, 3.63) is 188 Å². The molecule has 0 aliphatic carbocycles. The zero-order chi connectivity index (χ0) is 33.3. The molecule has 0 unspecified atom stereocenters. The molecule has 0 N–H and O–H groups in total. The molecular weight excluding hydrogens is 607 g/mol. The van der Waals surface area contributed by atoms with Gasteiger partial charge in [0.1, 0.15) is 0 Å². The highest BCUT2D eigenvalue weighted by Gasteiger charge is 2.15. The maximum atomic E-state index is 5.04. The Bertz CT molecular complexity index is 2550. The minimum Gasteiger partial charge on any atom is -0.256 e. The monoisotopic (exact) mass is 637 g/mol. The summed E-state index contributed by atoms with van der Waals surface area (Å²) in [4.78, 5) is 14.7. The van der Waals surface area contributed by atoms with E-state index in [-0.39, 0.29) is 0 Å². The Morgan fingerprint density at radius 1 is 0.340 bits per heavy atom. The van der Waals surface area contributed by atoms with Crippen molar-refractivity contribution in [1.82, 2.24) is 15.0 Å². The van der Waals surface area contributed by atoms with Crippen LogP contribution in [0.1, 0.15) is 0 Å². The third-order valence-corrected chi connectivity index (χ3v) is 9.35. The van der Waals surface area contributed by atoms with Gasteiger partial charge in [-0.3, -0.25) is 4.98 Å². The summed E-state index contributed by atoms with van der Waals surface area (Å²) in [6.07, 6.45) is 1.96. The molecule has 9 aromatic rings. The molecule has 0 atom stereocenters. The Labute approximate surface area is 291 Å². The van der Waals surface area contributed by atoms with Crippen molar-refractivity contribution in [1.29, 1.82) is 0 Å². The van der Waals surface area contributed by atoms with Crippen LogP contribution in [0.15, 0.2) is 188 Å². The number of pyridine rings is 1. The molecule has 0 aliphatic heterocycles. The number of hydrogen-bond donors (Lipinski definition) is 0. The first-order chi connectivity index (χ1) is 24.8. The Balaban J connectivity index is 1.12. The molecule has 234 valence electrons. The van der Waals surface area contributed by atoms with Gasteiger partial charge in [-0.05, 0) is 56.8 Å². The van der Waals surface area contributed by atoms with Gasteiger partial charge in [0.15, 0.2) is 5.82 Å². The van der Waals surface area contributed by atoms with Crippen LogP contribution in [-0.2, 0) is 0 Å². The van der Waals surface area contributed by atoms with E-state index in [2.05, 4.69) is 133 Å². The molecule has 0 amide bonds. The van der Waals surface area contributed by atoms with Crippen LogP contribution in [0.4, 0.5) is 0 Å². The lowest BCUT2D eigenvalue weighted by Crippen LogP contribution is -1.96. The van der Waals surface area contributed by atoms with Crippen LogP contribution in [0, 0.1) is 0 Å². The molecule has 9 rings (SSSR count). The smallest absolute Gasteiger partial charge is 0.160 e. The second-order valence-corrected chi connectivity index (χ2v) is 12.5. The molecule has 3 heteroatoms. The number of rotatable bonds is 6. The SMILES string of the molecule is c1ccc(-c2cc(-c3ccc(-c4ccc5ccccc5c4-c4ccc(-c5cnc6ccccc6c5)cc4)cc3)nc(-c3ccccc3)n2)cc1. The van der Waals surface area contributed by atoms with E-state index in [1.165, 1.54) is 27.5 Å². The molecule has 50 heavy (non-hydrogen) atoms. The average molecular weight is 638 g/mol. The summed E-state index contributed by atoms with van der Waals surface area (Å²) < 4.78 is 0. The second-order valence-electron chi connectivity index (χ2n) is 12.5. The summed E-state index contributed by atoms with van der Waals surface area (Å²) in [7, 11) is 0. The van der Waals surface area contributed by atoms with E-state index < -0.39 is 0 Å². The van der Waals surface area contributed by atoms with Gasteiger partial charge in [-0.15, -0.1) is 0 Å². The van der Waals surface area contributed by atoms with E-state index in [1.54, 1.807) is 0 Å². The fourth-order valence-corrected chi connectivity index (χ4v) is 6.77. The summed E-state index contributed by atoms with van der Waals surface area (Å²) >= 11 is 0. The Hall–Kier alpha value is -6.71. The van der Waals surface area contributed by atoms with Crippen LogP contribution in [0.25, 0.3) is 89.0 Å². The van der Waals surface area contributed by atoms with E-state index in [1.807, 2.05) is 54.7 Å². The van der Waals surface area contributed by atoms with E-state index >= 15 is 0 Å². The van der Waals surface area contributed by atoms with Crippen LogP contribution in [0.5, 0.6) is 0 Å². The first kappa shape index (κ1) is 29.4. The van der Waals surface area contributed by atoms with Crippen LogP contribution in [-0.4, -0.2) is 15.0 Å². The third-order valence-electron chi connectivity index (χ3n) is 9.35. The molecule has 3 nitrogen and oxygen atoms in total. The largest absolute Gasteiger partial charge is 0.256 e. The van der Waals surface area contributed by atoms with Crippen LogP contribution in [0.2, 0.25) is 0 Å². The predicted molar refractivity (Wildman–Crippen MR) is 207 cm³/mol. The normalized spacial score (nSPS) is 11.2. The maximum absolute atomic E-state index is 5.04. The fraction of sp³-hybridized carbons (Fsp3) is 0. The summed E-state index contributed by atoms with van der Waals surface area (Å²) in [5, 5.41) is 3.59. The highest BCUT2D eigenvalue weighted by molar-refractivity contribution is 6.04. The molecule has 7 aromatic carbocycles. The minimum atomic E-state index is 0.714.